The maximum Gasteiger partial charge on any atom is 0.249 e. The third kappa shape index (κ3) is 8.93. The van der Waals surface area contributed by atoms with Crippen LogP contribution in [0.2, 0.25) is 0 Å². The number of fused-ring (bicyclic) bond motifs is 1. The molecule has 0 bridgehead atoms. The van der Waals surface area contributed by atoms with Crippen molar-refractivity contribution in [2.45, 2.75) is 81.7 Å². The van der Waals surface area contributed by atoms with Gasteiger partial charge in [0.15, 0.2) is 5.96 Å². The fourth-order valence-corrected chi connectivity index (χ4v) is 6.21. The summed E-state index contributed by atoms with van der Waals surface area (Å²) in [5.74, 6) is -1.28. The minimum Gasteiger partial charge on any atom is -0.508 e. The molecule has 2 aromatic carbocycles. The van der Waals surface area contributed by atoms with Crippen molar-refractivity contribution in [1.82, 2.24) is 15.5 Å². The van der Waals surface area contributed by atoms with E-state index in [9.17, 15) is 29.7 Å². The van der Waals surface area contributed by atoms with Gasteiger partial charge in [-0.05, 0) is 67.7 Å². The van der Waals surface area contributed by atoms with E-state index >= 15 is 0 Å². The summed E-state index contributed by atoms with van der Waals surface area (Å²) in [4.78, 5) is 46.6. The number of hydrogen-bond acceptors (Lipinski definition) is 7. The van der Waals surface area contributed by atoms with Crippen LogP contribution in [-0.2, 0) is 27.2 Å². The van der Waals surface area contributed by atoms with E-state index in [1.165, 1.54) is 12.1 Å². The Bertz CT molecular complexity index is 1290. The number of nitrogens with zero attached hydrogens (tertiary/aromatic N) is 2. The van der Waals surface area contributed by atoms with E-state index < -0.39 is 36.1 Å². The van der Waals surface area contributed by atoms with E-state index in [0.29, 0.717) is 57.2 Å². The molecule has 1 saturated carbocycles. The summed E-state index contributed by atoms with van der Waals surface area (Å²) in [5, 5.41) is 36.5. The SMILES string of the molecule is NC(N)=NCCCCNC(=O)C1C[C@@H]2CC[C@@H](O)C[C@@H]2N1C(=O)[C@H](Cc1ccccc1)NC(=O)[C@@H](O)Cc1ccc(O)cc1. The minimum atomic E-state index is -1.44. The number of aliphatic hydroxyl groups excluding tert-OH is 2. The van der Waals surface area contributed by atoms with Crippen LogP contribution in [-0.4, -0.2) is 87.3 Å². The average Bonchev–Trinajstić information content (AvgIpc) is 3.38. The molecule has 2 aromatic rings. The standard InChI is InChI=1S/C32H44N6O6/c33-32(34)36-15-5-4-14-35-29(42)27-18-22-10-13-24(40)19-26(22)38(27)31(44)25(16-20-6-2-1-3-7-20)37-30(43)28(41)17-21-8-11-23(39)12-9-21/h1-3,6-9,11-12,22,24-28,39-41H,4-5,10,13-19H2,(H,35,42)(H,37,43)(H4,33,34,36)/t22-,24+,25-,26-,27?,28-/m0/s1. The Labute approximate surface area is 257 Å². The van der Waals surface area contributed by atoms with E-state index in [1.807, 2.05) is 30.3 Å². The predicted molar refractivity (Wildman–Crippen MR) is 165 cm³/mol. The van der Waals surface area contributed by atoms with E-state index in [0.717, 1.165) is 5.56 Å². The van der Waals surface area contributed by atoms with Gasteiger partial charge in [-0.15, -0.1) is 0 Å². The number of phenols is 1. The number of guanidine groups is 1. The zero-order valence-corrected chi connectivity index (χ0v) is 24.8. The van der Waals surface area contributed by atoms with Crippen molar-refractivity contribution in [3.63, 3.8) is 0 Å². The summed E-state index contributed by atoms with van der Waals surface area (Å²) >= 11 is 0. The molecule has 1 aliphatic heterocycles. The topological polar surface area (TPSA) is 204 Å². The quantitative estimate of drug-likeness (QED) is 0.0956. The predicted octanol–water partition coefficient (Wildman–Crippen LogP) is 0.323. The average molecular weight is 609 g/mol. The van der Waals surface area contributed by atoms with Gasteiger partial charge in [-0.25, -0.2) is 0 Å². The highest BCUT2D eigenvalue weighted by atomic mass is 16.3. The Morgan fingerprint density at radius 1 is 0.955 bits per heavy atom. The van der Waals surface area contributed by atoms with Crippen LogP contribution in [0.5, 0.6) is 5.75 Å². The van der Waals surface area contributed by atoms with Gasteiger partial charge < -0.3 is 42.3 Å². The van der Waals surface area contributed by atoms with Crippen LogP contribution in [0.4, 0.5) is 0 Å². The summed E-state index contributed by atoms with van der Waals surface area (Å²) in [5.41, 5.74) is 12.2. The lowest BCUT2D eigenvalue weighted by Gasteiger charge is -2.37. The first kappa shape index (κ1) is 32.7. The molecule has 0 aromatic heterocycles. The fourth-order valence-electron chi connectivity index (χ4n) is 6.21. The Kier molecular flexibility index (Phi) is 11.6. The molecule has 1 heterocycles. The van der Waals surface area contributed by atoms with Gasteiger partial charge in [0, 0.05) is 32.0 Å². The molecule has 6 atom stereocenters. The van der Waals surface area contributed by atoms with E-state index in [-0.39, 0.29) is 42.4 Å². The summed E-state index contributed by atoms with van der Waals surface area (Å²) in [6.07, 6.45) is 1.59. The summed E-state index contributed by atoms with van der Waals surface area (Å²) in [7, 11) is 0. The number of rotatable bonds is 13. The number of likely N-dealkylation sites (tertiary alicyclic amines) is 1. The molecule has 12 heteroatoms. The van der Waals surface area contributed by atoms with Crippen LogP contribution in [0.25, 0.3) is 0 Å². The summed E-state index contributed by atoms with van der Waals surface area (Å²) < 4.78 is 0. The maximum absolute atomic E-state index is 14.4. The van der Waals surface area contributed by atoms with E-state index in [1.54, 1.807) is 17.0 Å². The number of amides is 3. The number of hydrogen-bond donors (Lipinski definition) is 7. The van der Waals surface area contributed by atoms with Crippen molar-refractivity contribution >= 4 is 23.7 Å². The van der Waals surface area contributed by atoms with E-state index in [4.69, 9.17) is 11.5 Å². The third-order valence-corrected chi connectivity index (χ3v) is 8.45. The molecule has 1 unspecified atom stereocenters. The lowest BCUT2D eigenvalue weighted by molar-refractivity contribution is -0.145. The molecule has 12 nitrogen and oxygen atoms in total. The highest BCUT2D eigenvalue weighted by molar-refractivity contribution is 5.94. The number of unbranched alkanes of at least 4 members (excludes halogenated alkanes) is 1. The van der Waals surface area contributed by atoms with Crippen LogP contribution in [0.15, 0.2) is 59.6 Å². The first-order valence-electron chi connectivity index (χ1n) is 15.3. The number of carbonyl (C=O) groups excluding carboxylic acids is 3. The Hall–Kier alpha value is -4.16. The zero-order chi connectivity index (χ0) is 31.6. The van der Waals surface area contributed by atoms with Gasteiger partial charge in [-0.1, -0.05) is 42.5 Å². The van der Waals surface area contributed by atoms with Gasteiger partial charge in [0.2, 0.25) is 17.7 Å². The van der Waals surface area contributed by atoms with E-state index in [2.05, 4.69) is 15.6 Å². The molecule has 4 rings (SSSR count). The molecule has 44 heavy (non-hydrogen) atoms. The number of aliphatic imine (C=N–C) groups is 1. The molecule has 3 amide bonds. The molecule has 1 saturated heterocycles. The van der Waals surface area contributed by atoms with Crippen LogP contribution in [0.1, 0.15) is 49.7 Å². The van der Waals surface area contributed by atoms with Gasteiger partial charge in [0.25, 0.3) is 0 Å². The van der Waals surface area contributed by atoms with Gasteiger partial charge >= 0.3 is 0 Å². The number of aliphatic hydroxyl groups is 2. The van der Waals surface area contributed by atoms with Crippen molar-refractivity contribution in [1.29, 1.82) is 0 Å². The van der Waals surface area contributed by atoms with Gasteiger partial charge in [0.05, 0.1) is 6.10 Å². The molecular formula is C32H44N6O6. The number of nitrogens with two attached hydrogens (primary N) is 2. The Balaban J connectivity index is 1.51. The molecule has 9 N–H and O–H groups in total. The number of benzene rings is 2. The normalized spacial score (nSPS) is 22.4. The third-order valence-electron chi connectivity index (χ3n) is 8.45. The second kappa shape index (κ2) is 15.5. The molecular weight excluding hydrogens is 564 g/mol. The molecule has 2 aliphatic rings. The highest BCUT2D eigenvalue weighted by Gasteiger charge is 2.50. The van der Waals surface area contributed by atoms with Gasteiger partial charge in [-0.2, -0.15) is 0 Å². The number of nitrogens with one attached hydrogen (secondary N) is 2. The first-order valence-corrected chi connectivity index (χ1v) is 15.3. The number of phenolic OH excluding ortho intramolecular Hbond substituents is 1. The summed E-state index contributed by atoms with van der Waals surface area (Å²) in [6.45, 7) is 0.844. The smallest absolute Gasteiger partial charge is 0.249 e. The van der Waals surface area contributed by atoms with Crippen LogP contribution >= 0.6 is 0 Å². The number of aromatic hydroxyl groups is 1. The van der Waals surface area contributed by atoms with Crippen molar-refractivity contribution in [3.8, 4) is 5.75 Å². The van der Waals surface area contributed by atoms with Gasteiger partial charge in [-0.3, -0.25) is 19.4 Å². The molecule has 2 fully saturated rings. The highest BCUT2D eigenvalue weighted by Crippen LogP contribution is 2.40. The fraction of sp³-hybridized carbons (Fsp3) is 0.500. The first-order chi connectivity index (χ1) is 21.1. The van der Waals surface area contributed by atoms with Crippen LogP contribution < -0.4 is 22.1 Å². The monoisotopic (exact) mass is 608 g/mol. The largest absolute Gasteiger partial charge is 0.508 e. The van der Waals surface area contributed by atoms with Crippen molar-refractivity contribution in [2.24, 2.45) is 22.4 Å². The van der Waals surface area contributed by atoms with Crippen LogP contribution in [0.3, 0.4) is 0 Å². The zero-order valence-electron chi connectivity index (χ0n) is 24.8. The van der Waals surface area contributed by atoms with Crippen LogP contribution in [0, 0.1) is 5.92 Å². The van der Waals surface area contributed by atoms with Gasteiger partial charge in [0.1, 0.15) is 23.9 Å². The lowest BCUT2D eigenvalue weighted by atomic mass is 9.83. The van der Waals surface area contributed by atoms with Crippen molar-refractivity contribution in [3.05, 3.63) is 65.7 Å². The molecule has 238 valence electrons. The van der Waals surface area contributed by atoms with Crippen molar-refractivity contribution in [2.75, 3.05) is 13.1 Å². The lowest BCUT2D eigenvalue weighted by Crippen LogP contribution is -2.58. The summed E-state index contributed by atoms with van der Waals surface area (Å²) in [6, 6.07) is 13.3. The number of carbonyl (C=O) groups is 3. The maximum atomic E-state index is 14.4. The Morgan fingerprint density at radius 3 is 2.36 bits per heavy atom. The molecule has 0 spiro atoms. The van der Waals surface area contributed by atoms with Crippen molar-refractivity contribution < 1.29 is 29.7 Å². The molecule has 0 radical (unpaired) electrons. The molecule has 1 aliphatic carbocycles. The second-order valence-electron chi connectivity index (χ2n) is 11.7. The second-order valence-corrected chi connectivity index (χ2v) is 11.7. The Morgan fingerprint density at radius 2 is 1.66 bits per heavy atom. The minimum absolute atomic E-state index is 0.00676.